The Hall–Kier alpha value is -2.35. The maximum absolute atomic E-state index is 12.7. The van der Waals surface area contributed by atoms with Gasteiger partial charge in [-0.25, -0.2) is 14.4 Å². The molecule has 0 aromatic heterocycles. The number of nitrogens with one attached hydrogen (secondary N) is 4. The fourth-order valence-corrected chi connectivity index (χ4v) is 3.64. The van der Waals surface area contributed by atoms with E-state index in [1.807, 2.05) is 6.26 Å². The highest BCUT2D eigenvalue weighted by molar-refractivity contribution is 8.76. The number of guanidine groups is 1. The number of nitrogens with zero attached hydrogens (tertiary/aromatic N) is 1. The van der Waals surface area contributed by atoms with Crippen LogP contribution in [0, 0.1) is 0 Å². The van der Waals surface area contributed by atoms with E-state index in [4.69, 9.17) is 14.2 Å². The van der Waals surface area contributed by atoms with Crippen LogP contribution in [-0.2, 0) is 19.0 Å². The minimum atomic E-state index is -0.861. The molecule has 0 fully saturated rings. The first-order valence-corrected chi connectivity index (χ1v) is 15.0. The van der Waals surface area contributed by atoms with Gasteiger partial charge >= 0.3 is 18.3 Å². The zero-order valence-corrected chi connectivity index (χ0v) is 25.9. The zero-order valence-electron chi connectivity index (χ0n) is 24.2. The fraction of sp³-hybridized carbons (Fsp3) is 0.792. The van der Waals surface area contributed by atoms with Crippen LogP contribution >= 0.6 is 21.6 Å². The average molecular weight is 580 g/mol. The van der Waals surface area contributed by atoms with Gasteiger partial charge in [-0.15, -0.1) is 0 Å². The minimum Gasteiger partial charge on any atom is -0.444 e. The first kappa shape index (κ1) is 35.6. The van der Waals surface area contributed by atoms with E-state index < -0.39 is 41.1 Å². The molecule has 38 heavy (non-hydrogen) atoms. The summed E-state index contributed by atoms with van der Waals surface area (Å²) in [5.41, 5.74) is -2.24. The van der Waals surface area contributed by atoms with E-state index in [9.17, 15) is 19.2 Å². The van der Waals surface area contributed by atoms with E-state index in [0.717, 1.165) is 0 Å². The molecule has 0 aromatic rings. The van der Waals surface area contributed by atoms with Gasteiger partial charge in [-0.05, 0) is 81.4 Å². The molecule has 0 aliphatic rings. The molecule has 0 heterocycles. The van der Waals surface area contributed by atoms with Gasteiger partial charge in [-0.2, -0.15) is 0 Å². The standard InChI is InChI=1S/C24H45N5O7S2/c1-22(2,3)34-19(31)27-16(17(30)25-14-15-38-37-10)12-11-13-26-18(28-20(32)35-23(4,5)6)29-21(33)36-24(7,8)9/h16H,11-15H2,1-10H3,(H,25,30)(H,27,31)(H2,26,28,29,32,33). The third-order valence-corrected chi connectivity index (χ3v) is 5.58. The van der Waals surface area contributed by atoms with Crippen molar-refractivity contribution in [2.24, 2.45) is 4.99 Å². The van der Waals surface area contributed by atoms with Gasteiger partial charge in [0, 0.05) is 18.8 Å². The van der Waals surface area contributed by atoms with Gasteiger partial charge in [0.25, 0.3) is 0 Å². The van der Waals surface area contributed by atoms with Crippen molar-refractivity contribution in [2.45, 2.75) is 98.0 Å². The first-order chi connectivity index (χ1) is 17.3. The van der Waals surface area contributed by atoms with Crippen LogP contribution in [0.5, 0.6) is 0 Å². The van der Waals surface area contributed by atoms with Crippen molar-refractivity contribution in [2.75, 3.05) is 25.1 Å². The summed E-state index contributed by atoms with van der Waals surface area (Å²) in [7, 11) is 3.20. The van der Waals surface area contributed by atoms with Crippen molar-refractivity contribution in [3.8, 4) is 0 Å². The van der Waals surface area contributed by atoms with Crippen molar-refractivity contribution in [1.82, 2.24) is 21.3 Å². The summed E-state index contributed by atoms with van der Waals surface area (Å²) in [6, 6.07) is -0.861. The van der Waals surface area contributed by atoms with Crippen molar-refractivity contribution in [1.29, 1.82) is 0 Å². The Kier molecular flexibility index (Phi) is 15.6. The Balaban J connectivity index is 5.36. The van der Waals surface area contributed by atoms with E-state index >= 15 is 0 Å². The summed E-state index contributed by atoms with van der Waals surface area (Å²) in [6.07, 6.45) is 0.195. The number of alkyl carbamates (subject to hydrolysis) is 3. The first-order valence-electron chi connectivity index (χ1n) is 12.3. The predicted molar refractivity (Wildman–Crippen MR) is 152 cm³/mol. The summed E-state index contributed by atoms with van der Waals surface area (Å²) in [6.45, 7) is 16.0. The van der Waals surface area contributed by atoms with Crippen LogP contribution in [0.4, 0.5) is 14.4 Å². The maximum Gasteiger partial charge on any atom is 0.414 e. The maximum atomic E-state index is 12.7. The van der Waals surface area contributed by atoms with Gasteiger partial charge in [0.05, 0.1) is 0 Å². The Morgan fingerprint density at radius 3 is 1.71 bits per heavy atom. The SMILES string of the molecule is CSSCCNC(=O)C(CCCN=C(NC(=O)OC(C)(C)C)NC(=O)OC(C)(C)C)NC(=O)OC(C)(C)C. The molecule has 0 saturated heterocycles. The molecule has 0 saturated carbocycles. The summed E-state index contributed by atoms with van der Waals surface area (Å²) in [5.74, 6) is 0.205. The molecular formula is C24H45N5O7S2. The van der Waals surface area contributed by atoms with E-state index in [1.54, 1.807) is 83.9 Å². The molecule has 0 spiro atoms. The molecule has 4 amide bonds. The second kappa shape index (κ2) is 16.6. The molecule has 0 rings (SSSR count). The summed E-state index contributed by atoms with van der Waals surface area (Å²) in [5, 5.41) is 10.2. The lowest BCUT2D eigenvalue weighted by molar-refractivity contribution is -0.123. The summed E-state index contributed by atoms with van der Waals surface area (Å²) in [4.78, 5) is 53.7. The molecule has 4 N–H and O–H groups in total. The van der Waals surface area contributed by atoms with E-state index in [-0.39, 0.29) is 24.8 Å². The number of aliphatic imine (C=N–C) groups is 1. The van der Waals surface area contributed by atoms with E-state index in [1.165, 1.54) is 0 Å². The Morgan fingerprint density at radius 2 is 1.26 bits per heavy atom. The average Bonchev–Trinajstić information content (AvgIpc) is 2.68. The predicted octanol–water partition coefficient (Wildman–Crippen LogP) is 4.19. The normalized spacial score (nSPS) is 12.5. The van der Waals surface area contributed by atoms with Gasteiger partial charge in [-0.3, -0.25) is 20.4 Å². The fourth-order valence-electron chi connectivity index (χ4n) is 2.54. The number of hydrogen-bond donors (Lipinski definition) is 4. The van der Waals surface area contributed by atoms with E-state index in [0.29, 0.717) is 18.7 Å². The van der Waals surface area contributed by atoms with Crippen LogP contribution in [0.3, 0.4) is 0 Å². The topological polar surface area (TPSA) is 156 Å². The number of amides is 4. The van der Waals surface area contributed by atoms with Crippen LogP contribution in [0.2, 0.25) is 0 Å². The zero-order chi connectivity index (χ0) is 29.6. The van der Waals surface area contributed by atoms with E-state index in [2.05, 4.69) is 26.3 Å². The lowest BCUT2D eigenvalue weighted by Crippen LogP contribution is -2.48. The van der Waals surface area contributed by atoms with Crippen LogP contribution in [0.25, 0.3) is 0 Å². The number of ether oxygens (including phenoxy) is 3. The molecular weight excluding hydrogens is 534 g/mol. The van der Waals surface area contributed by atoms with Crippen molar-refractivity contribution < 1.29 is 33.4 Å². The molecule has 0 aromatic carbocycles. The summed E-state index contributed by atoms with van der Waals surface area (Å²) >= 11 is 0. The third kappa shape index (κ3) is 20.7. The van der Waals surface area contributed by atoms with Crippen LogP contribution in [-0.4, -0.2) is 78.1 Å². The highest BCUT2D eigenvalue weighted by Crippen LogP contribution is 2.15. The second-order valence-electron chi connectivity index (χ2n) is 11.1. The van der Waals surface area contributed by atoms with Crippen molar-refractivity contribution in [3.63, 3.8) is 0 Å². The minimum absolute atomic E-state index is 0.114. The van der Waals surface area contributed by atoms with Gasteiger partial charge in [-0.1, -0.05) is 21.6 Å². The molecule has 12 nitrogen and oxygen atoms in total. The highest BCUT2D eigenvalue weighted by Gasteiger charge is 2.25. The molecule has 14 heteroatoms. The number of rotatable bonds is 10. The number of carbonyl (C=O) groups is 4. The Labute approximate surface area is 234 Å². The second-order valence-corrected chi connectivity index (χ2v) is 13.8. The largest absolute Gasteiger partial charge is 0.444 e. The molecule has 0 bridgehead atoms. The lowest BCUT2D eigenvalue weighted by Gasteiger charge is -2.23. The Bertz CT molecular complexity index is 786. The molecule has 0 aliphatic heterocycles. The summed E-state index contributed by atoms with van der Waals surface area (Å²) < 4.78 is 15.7. The monoisotopic (exact) mass is 579 g/mol. The van der Waals surface area contributed by atoms with Crippen LogP contribution in [0.15, 0.2) is 4.99 Å². The molecule has 1 unspecified atom stereocenters. The Morgan fingerprint density at radius 1 is 0.789 bits per heavy atom. The quantitative estimate of drug-likeness (QED) is 0.0979. The van der Waals surface area contributed by atoms with Gasteiger partial charge in [0.15, 0.2) is 0 Å². The molecule has 220 valence electrons. The van der Waals surface area contributed by atoms with Crippen LogP contribution < -0.4 is 21.3 Å². The van der Waals surface area contributed by atoms with Gasteiger partial charge in [0.2, 0.25) is 11.9 Å². The molecule has 0 radical (unpaired) electrons. The highest BCUT2D eigenvalue weighted by atomic mass is 33.1. The number of carbonyl (C=O) groups excluding carboxylic acids is 4. The van der Waals surface area contributed by atoms with Gasteiger partial charge < -0.3 is 24.8 Å². The molecule has 0 aliphatic carbocycles. The van der Waals surface area contributed by atoms with Crippen molar-refractivity contribution in [3.05, 3.63) is 0 Å². The van der Waals surface area contributed by atoms with Gasteiger partial charge in [0.1, 0.15) is 22.8 Å². The number of hydrogen-bond acceptors (Lipinski definition) is 10. The van der Waals surface area contributed by atoms with Crippen molar-refractivity contribution >= 4 is 51.7 Å². The third-order valence-electron chi connectivity index (χ3n) is 3.77. The lowest BCUT2D eigenvalue weighted by atomic mass is 10.1. The van der Waals surface area contributed by atoms with Crippen LogP contribution in [0.1, 0.15) is 75.2 Å². The molecule has 1 atom stereocenters. The smallest absolute Gasteiger partial charge is 0.414 e.